The lowest BCUT2D eigenvalue weighted by Gasteiger charge is -2.26. The fourth-order valence-corrected chi connectivity index (χ4v) is 3.95. The zero-order valence-electron chi connectivity index (χ0n) is 19.1. The molecule has 176 valence electrons. The number of nitrogens with two attached hydrogens (primary N) is 1. The van der Waals surface area contributed by atoms with Gasteiger partial charge in [0, 0.05) is 22.6 Å². The van der Waals surface area contributed by atoms with Crippen LogP contribution in [0, 0.1) is 13.8 Å². The molecule has 0 radical (unpaired) electrons. The summed E-state index contributed by atoms with van der Waals surface area (Å²) in [6.07, 6.45) is 0. The number of carboxylic acid groups (broad SMARTS) is 2. The van der Waals surface area contributed by atoms with E-state index in [9.17, 15) is 24.6 Å². The third-order valence-electron chi connectivity index (χ3n) is 5.67. The molecule has 3 aromatic carbocycles. The van der Waals surface area contributed by atoms with Crippen LogP contribution in [0.25, 0.3) is 11.1 Å². The second kappa shape index (κ2) is 9.18. The molecule has 0 aliphatic carbocycles. The molecule has 0 unspecified atom stereocenters. The summed E-state index contributed by atoms with van der Waals surface area (Å²) in [7, 11) is 0. The number of nitrogens with one attached hydrogen (secondary N) is 1. The van der Waals surface area contributed by atoms with Gasteiger partial charge in [0.1, 0.15) is 16.9 Å². The molecule has 35 heavy (non-hydrogen) atoms. The molecule has 0 aliphatic rings. The molecular formula is C27H23N3O5. The van der Waals surface area contributed by atoms with Crippen LogP contribution < -0.4 is 16.2 Å². The number of aromatic nitrogens is 1. The number of nitrogen functional groups attached to an aromatic ring is 1. The lowest BCUT2D eigenvalue weighted by molar-refractivity contribution is 0.0695. The summed E-state index contributed by atoms with van der Waals surface area (Å²) < 4.78 is 0. The number of carboxylic acids is 2. The van der Waals surface area contributed by atoms with E-state index in [0.717, 1.165) is 28.2 Å². The molecule has 8 nitrogen and oxygen atoms in total. The molecule has 1 heterocycles. The van der Waals surface area contributed by atoms with Crippen LogP contribution >= 0.6 is 0 Å². The van der Waals surface area contributed by atoms with Crippen LogP contribution in [0.1, 0.15) is 31.8 Å². The molecule has 0 aliphatic heterocycles. The van der Waals surface area contributed by atoms with Crippen molar-refractivity contribution in [1.29, 1.82) is 0 Å². The molecule has 5 N–H and O–H groups in total. The van der Waals surface area contributed by atoms with Gasteiger partial charge in [0.2, 0.25) is 0 Å². The molecule has 1 aromatic heterocycles. The van der Waals surface area contributed by atoms with Crippen molar-refractivity contribution >= 4 is 34.8 Å². The Hall–Kier alpha value is -4.85. The molecule has 0 bridgehead atoms. The summed E-state index contributed by atoms with van der Waals surface area (Å²) in [6, 6.07) is 22.6. The Labute approximate surface area is 200 Å². The van der Waals surface area contributed by atoms with Gasteiger partial charge in [0.25, 0.3) is 5.56 Å². The van der Waals surface area contributed by atoms with Gasteiger partial charge in [-0.1, -0.05) is 47.5 Å². The zero-order chi connectivity index (χ0) is 25.3. The number of hydrogen-bond acceptors (Lipinski definition) is 5. The summed E-state index contributed by atoms with van der Waals surface area (Å²) in [4.78, 5) is 40.2. The van der Waals surface area contributed by atoms with Crippen molar-refractivity contribution in [2.45, 2.75) is 13.8 Å². The first-order valence-electron chi connectivity index (χ1n) is 10.7. The molecule has 0 saturated carbocycles. The maximum Gasteiger partial charge on any atom is 0.342 e. The first-order valence-corrected chi connectivity index (χ1v) is 10.7. The third-order valence-corrected chi connectivity index (χ3v) is 5.67. The summed E-state index contributed by atoms with van der Waals surface area (Å²) in [5.41, 5.74) is 8.43. The van der Waals surface area contributed by atoms with Crippen molar-refractivity contribution in [2.75, 3.05) is 10.6 Å². The van der Waals surface area contributed by atoms with Crippen LogP contribution in [0.5, 0.6) is 0 Å². The minimum Gasteiger partial charge on any atom is -0.478 e. The number of hydrogen-bond donors (Lipinski definition) is 4. The van der Waals surface area contributed by atoms with Gasteiger partial charge in [-0.3, -0.25) is 4.79 Å². The summed E-state index contributed by atoms with van der Waals surface area (Å²) >= 11 is 0. The number of anilines is 4. The minimum absolute atomic E-state index is 0.241. The predicted octanol–water partition coefficient (Wildman–Crippen LogP) is 5.11. The van der Waals surface area contributed by atoms with Crippen molar-refractivity contribution in [3.63, 3.8) is 0 Å². The van der Waals surface area contributed by atoms with Crippen molar-refractivity contribution < 1.29 is 19.8 Å². The Bertz CT molecular complexity index is 1430. The highest BCUT2D eigenvalue weighted by Gasteiger charge is 2.26. The van der Waals surface area contributed by atoms with Gasteiger partial charge in [0.15, 0.2) is 0 Å². The van der Waals surface area contributed by atoms with Gasteiger partial charge >= 0.3 is 11.9 Å². The van der Waals surface area contributed by atoms with Crippen molar-refractivity contribution in [3.05, 3.63) is 105 Å². The molecule has 0 saturated heterocycles. The average molecular weight is 469 g/mol. The van der Waals surface area contributed by atoms with E-state index < -0.39 is 34.4 Å². The van der Waals surface area contributed by atoms with Gasteiger partial charge in [-0.15, -0.1) is 0 Å². The summed E-state index contributed by atoms with van der Waals surface area (Å²) in [5.74, 6) is -3.40. The first kappa shape index (κ1) is 23.3. The number of carbonyl (C=O) groups is 2. The quantitative estimate of drug-likeness (QED) is 0.308. The molecular weight excluding hydrogens is 446 g/mol. The van der Waals surface area contributed by atoms with E-state index in [0.29, 0.717) is 0 Å². The Morgan fingerprint density at radius 3 is 1.51 bits per heavy atom. The maximum absolute atomic E-state index is 12.3. The number of nitrogens with zero attached hydrogens (tertiary/aromatic N) is 1. The van der Waals surface area contributed by atoms with E-state index >= 15 is 0 Å². The standard InChI is InChI=1S/C27H23N3O5/c1-15-3-9-18(10-4-15)30(19-11-5-16(2)6-12-19)20-13-7-17(8-14-20)21-22(26(32)33)24(28)29-25(31)23(21)27(34)35/h3-14H,1-2H3,(H,32,33)(H,34,35)(H3,28,29,31). The molecule has 0 fully saturated rings. The normalized spacial score (nSPS) is 10.7. The number of rotatable bonds is 6. The van der Waals surface area contributed by atoms with Crippen molar-refractivity contribution in [1.82, 2.24) is 4.98 Å². The highest BCUT2D eigenvalue weighted by Crippen LogP contribution is 2.37. The number of H-pyrrole nitrogens is 1. The van der Waals surface area contributed by atoms with Gasteiger partial charge in [0.05, 0.1) is 0 Å². The Balaban J connectivity index is 1.89. The fourth-order valence-electron chi connectivity index (χ4n) is 3.95. The van der Waals surface area contributed by atoms with Crippen molar-refractivity contribution in [3.8, 4) is 11.1 Å². The molecule has 0 spiro atoms. The highest BCUT2D eigenvalue weighted by atomic mass is 16.4. The topological polar surface area (TPSA) is 137 Å². The van der Waals surface area contributed by atoms with Crippen LogP contribution in [-0.4, -0.2) is 27.1 Å². The van der Waals surface area contributed by atoms with Crippen LogP contribution in [-0.2, 0) is 0 Å². The predicted molar refractivity (Wildman–Crippen MR) is 135 cm³/mol. The number of aromatic carboxylic acids is 2. The van der Waals surface area contributed by atoms with Crippen molar-refractivity contribution in [2.24, 2.45) is 0 Å². The SMILES string of the molecule is Cc1ccc(N(c2ccc(C)cc2)c2ccc(-c3c(C(=O)O)c(N)[nH]c(=O)c3C(=O)O)cc2)cc1. The van der Waals surface area contributed by atoms with Crippen LogP contribution in [0.2, 0.25) is 0 Å². The van der Waals surface area contributed by atoms with Crippen LogP contribution in [0.3, 0.4) is 0 Å². The fraction of sp³-hybridized carbons (Fsp3) is 0.0741. The van der Waals surface area contributed by atoms with Gasteiger partial charge in [-0.05, 0) is 55.8 Å². The van der Waals surface area contributed by atoms with Gasteiger partial charge in [-0.25, -0.2) is 9.59 Å². The van der Waals surface area contributed by atoms with E-state index in [4.69, 9.17) is 5.73 Å². The van der Waals surface area contributed by atoms with E-state index in [-0.39, 0.29) is 11.1 Å². The van der Waals surface area contributed by atoms with Gasteiger partial charge < -0.3 is 25.8 Å². The molecule has 4 rings (SSSR count). The average Bonchev–Trinajstić information content (AvgIpc) is 2.81. The monoisotopic (exact) mass is 469 g/mol. The Morgan fingerprint density at radius 2 is 1.11 bits per heavy atom. The number of aryl methyl sites for hydroxylation is 2. The second-order valence-electron chi connectivity index (χ2n) is 8.16. The molecule has 4 aromatic rings. The third kappa shape index (κ3) is 4.49. The lowest BCUT2D eigenvalue weighted by atomic mass is 9.95. The lowest BCUT2D eigenvalue weighted by Crippen LogP contribution is -2.24. The smallest absolute Gasteiger partial charge is 0.342 e. The Morgan fingerprint density at radius 1 is 0.714 bits per heavy atom. The molecule has 0 amide bonds. The molecule has 8 heteroatoms. The highest BCUT2D eigenvalue weighted by molar-refractivity contribution is 6.07. The minimum atomic E-state index is -1.55. The van der Waals surface area contributed by atoms with Gasteiger partial charge in [-0.2, -0.15) is 0 Å². The zero-order valence-corrected chi connectivity index (χ0v) is 19.1. The first-order chi connectivity index (χ1) is 16.7. The van der Waals surface area contributed by atoms with E-state index in [1.54, 1.807) is 24.3 Å². The number of aromatic amines is 1. The Kier molecular flexibility index (Phi) is 6.12. The molecule has 0 atom stereocenters. The summed E-state index contributed by atoms with van der Waals surface area (Å²) in [5, 5.41) is 19.3. The number of pyridine rings is 1. The summed E-state index contributed by atoms with van der Waals surface area (Å²) in [6.45, 7) is 4.00. The number of benzene rings is 3. The van der Waals surface area contributed by atoms with E-state index in [2.05, 4.69) is 4.98 Å². The van der Waals surface area contributed by atoms with E-state index in [1.807, 2.05) is 67.3 Å². The van der Waals surface area contributed by atoms with E-state index in [1.165, 1.54) is 0 Å². The maximum atomic E-state index is 12.3. The second-order valence-corrected chi connectivity index (χ2v) is 8.16. The van der Waals surface area contributed by atoms with Crippen LogP contribution in [0.4, 0.5) is 22.9 Å². The largest absolute Gasteiger partial charge is 0.478 e. The van der Waals surface area contributed by atoms with Crippen LogP contribution in [0.15, 0.2) is 77.6 Å².